The number of hydrogen-bond donors (Lipinski definition) is 0. The highest BCUT2D eigenvalue weighted by atomic mass is 15.8. The number of aryl methyl sites for hydroxylation is 1. The Bertz CT molecular complexity index is 674. The van der Waals surface area contributed by atoms with Crippen LogP contribution in [0.2, 0.25) is 0 Å². The zero-order valence-electron chi connectivity index (χ0n) is 7.23. The first-order valence-corrected chi connectivity index (χ1v) is 5.49. The van der Waals surface area contributed by atoms with E-state index >= 15 is 0 Å². The van der Waals surface area contributed by atoms with E-state index < -0.39 is 0 Å². The first-order valence-electron chi connectivity index (χ1n) is 5.49. The van der Waals surface area contributed by atoms with Gasteiger partial charge in [-0.05, 0) is 23.6 Å². The molecule has 1 aromatic rings. The van der Waals surface area contributed by atoms with Crippen molar-refractivity contribution in [2.45, 2.75) is 17.8 Å². The van der Waals surface area contributed by atoms with E-state index in [-0.39, 0.29) is 0 Å². The second-order valence-corrected chi connectivity index (χ2v) is 6.53. The topological polar surface area (TPSA) is 0 Å². The van der Waals surface area contributed by atoms with Gasteiger partial charge in [-0.25, -0.2) is 0 Å². The monoisotopic (exact) mass is 162 g/mol. The van der Waals surface area contributed by atoms with E-state index in [1.807, 2.05) is 0 Å². The van der Waals surface area contributed by atoms with Gasteiger partial charge in [0.25, 0.3) is 0 Å². The lowest BCUT2D eigenvalue weighted by molar-refractivity contribution is 0.143. The SMILES string of the molecule is Cc1cc2ccc1C13C45C26C12C64C352. The predicted molar refractivity (Wildman–Crippen MR) is 44.3 cm³/mol. The van der Waals surface area contributed by atoms with Gasteiger partial charge < -0.3 is 0 Å². The molecule has 0 aromatic heterocycles. The molecule has 6 saturated carbocycles. The molecule has 58 valence electrons. The van der Waals surface area contributed by atoms with Crippen molar-refractivity contribution in [1.82, 2.24) is 0 Å². The summed E-state index contributed by atoms with van der Waals surface area (Å²) in [6.45, 7) is 2.33. The first-order chi connectivity index (χ1) is 6.37. The van der Waals surface area contributed by atoms with Crippen LogP contribution >= 0.6 is 0 Å². The Hall–Kier alpha value is -0.780. The van der Waals surface area contributed by atoms with E-state index in [0.29, 0.717) is 0 Å². The molecule has 0 amide bonds. The minimum atomic E-state index is 0.850. The summed E-state index contributed by atoms with van der Waals surface area (Å²) in [6, 6.07) is 7.40. The minimum absolute atomic E-state index is 0.850. The van der Waals surface area contributed by atoms with Crippen LogP contribution < -0.4 is 0 Å². The number of hydrogen-bond acceptors (Lipinski definition) is 0. The molecule has 2 unspecified atom stereocenters. The van der Waals surface area contributed by atoms with Gasteiger partial charge >= 0.3 is 0 Å². The lowest BCUT2D eigenvalue weighted by atomic mass is 9.60. The number of benzene rings is 1. The molecular weight excluding hydrogens is 156 g/mol. The quantitative estimate of drug-likeness (QED) is 0.542. The summed E-state index contributed by atoms with van der Waals surface area (Å²) in [4.78, 5) is 0. The molecule has 10 aliphatic rings. The zero-order chi connectivity index (χ0) is 7.85. The predicted octanol–water partition coefficient (Wildman–Crippen LogP) is 1.51. The van der Waals surface area contributed by atoms with Gasteiger partial charge in [0.05, 0.1) is 0 Å². The van der Waals surface area contributed by atoms with Crippen LogP contribution in [0.5, 0.6) is 0 Å². The van der Waals surface area contributed by atoms with Crippen molar-refractivity contribution < 1.29 is 0 Å². The molecule has 6 fully saturated rings. The van der Waals surface area contributed by atoms with Gasteiger partial charge in [-0.1, -0.05) is 18.2 Å². The van der Waals surface area contributed by atoms with E-state index in [4.69, 9.17) is 0 Å². The Morgan fingerprint density at radius 1 is 0.923 bits per heavy atom. The fourth-order valence-electron chi connectivity index (χ4n) is 8.70. The normalized spacial score (nSPS) is 94.8. The van der Waals surface area contributed by atoms with Crippen LogP contribution in [0.25, 0.3) is 0 Å². The van der Waals surface area contributed by atoms with Crippen LogP contribution in [0.3, 0.4) is 0 Å². The molecule has 0 saturated heterocycles. The average Bonchev–Trinajstić information content (AvgIpc) is 2.79. The average molecular weight is 162 g/mol. The molecular formula is C13H6. The molecule has 6 spiro atoms. The maximum Gasteiger partial charge on any atom is 0.0185 e. The molecule has 0 aliphatic heterocycles. The Balaban J connectivity index is 1.88. The summed E-state index contributed by atoms with van der Waals surface area (Å²) in [5.74, 6) is 0. The van der Waals surface area contributed by atoms with E-state index in [2.05, 4.69) is 25.1 Å². The Morgan fingerprint density at radius 3 is 2.46 bits per heavy atom. The summed E-state index contributed by atoms with van der Waals surface area (Å²) < 4.78 is 0. The summed E-state index contributed by atoms with van der Waals surface area (Å²) in [5.41, 5.74) is 10.8. The molecule has 13 heavy (non-hydrogen) atoms. The molecule has 1 aromatic carbocycles. The third-order valence-electron chi connectivity index (χ3n) is 7.88. The van der Waals surface area contributed by atoms with Crippen molar-refractivity contribution in [2.75, 3.05) is 0 Å². The minimum Gasteiger partial charge on any atom is -0.0581 e. The summed E-state index contributed by atoms with van der Waals surface area (Å²) >= 11 is 0. The van der Waals surface area contributed by atoms with Gasteiger partial charge in [0.1, 0.15) is 0 Å². The highest BCUT2D eigenvalue weighted by Gasteiger charge is 3.80. The lowest BCUT2D eigenvalue weighted by Gasteiger charge is -2.40. The maximum absolute atomic E-state index is 2.50. The molecule has 0 N–H and O–H groups in total. The fraction of sp³-hybridized carbons (Fsp3) is 0.538. The van der Waals surface area contributed by atoms with Gasteiger partial charge in [0, 0.05) is 32.5 Å². The smallest absolute Gasteiger partial charge is 0.0185 e. The van der Waals surface area contributed by atoms with Crippen LogP contribution in [0.15, 0.2) is 18.2 Å². The van der Waals surface area contributed by atoms with Crippen molar-refractivity contribution >= 4 is 0 Å². The Kier molecular flexibility index (Phi) is 0.168. The second kappa shape index (κ2) is 0.526. The van der Waals surface area contributed by atoms with E-state index in [1.165, 1.54) is 0 Å². The van der Waals surface area contributed by atoms with Gasteiger partial charge in [0.2, 0.25) is 0 Å². The highest BCUT2D eigenvalue weighted by molar-refractivity contribution is 6.31. The molecule has 11 rings (SSSR count). The summed E-state index contributed by atoms with van der Waals surface area (Å²) in [6.07, 6.45) is 0. The Morgan fingerprint density at radius 2 is 1.69 bits per heavy atom. The van der Waals surface area contributed by atoms with Crippen LogP contribution in [0.1, 0.15) is 16.7 Å². The highest BCUT2D eigenvalue weighted by Crippen LogP contribution is 3.77. The lowest BCUT2D eigenvalue weighted by Crippen LogP contribution is -2.43. The maximum atomic E-state index is 2.50. The van der Waals surface area contributed by atoms with Crippen LogP contribution in [-0.2, 0) is 10.8 Å². The van der Waals surface area contributed by atoms with Crippen molar-refractivity contribution in [3.63, 3.8) is 0 Å². The molecule has 0 heteroatoms. The van der Waals surface area contributed by atoms with E-state index in [1.54, 1.807) is 16.7 Å². The van der Waals surface area contributed by atoms with Crippen LogP contribution in [0.4, 0.5) is 0 Å². The van der Waals surface area contributed by atoms with Gasteiger partial charge in [-0.15, -0.1) is 0 Å². The van der Waals surface area contributed by atoms with Crippen molar-refractivity contribution in [3.8, 4) is 0 Å². The van der Waals surface area contributed by atoms with Crippen molar-refractivity contribution in [2.24, 2.45) is 21.7 Å². The van der Waals surface area contributed by atoms with Crippen molar-refractivity contribution in [3.05, 3.63) is 34.9 Å². The molecule has 2 atom stereocenters. The van der Waals surface area contributed by atoms with E-state index in [9.17, 15) is 0 Å². The molecule has 0 nitrogen and oxygen atoms in total. The van der Waals surface area contributed by atoms with Crippen molar-refractivity contribution in [1.29, 1.82) is 0 Å². The zero-order valence-corrected chi connectivity index (χ0v) is 7.23. The van der Waals surface area contributed by atoms with Gasteiger partial charge in [0.15, 0.2) is 0 Å². The third kappa shape index (κ3) is 0.0771. The number of rotatable bonds is 0. The molecule has 10 aliphatic carbocycles. The Labute approximate surface area is 74.9 Å². The largest absolute Gasteiger partial charge is 0.0581 e. The third-order valence-corrected chi connectivity index (χ3v) is 7.88. The standard InChI is InChI=1S/C13H6/c1-5-4-6-2-3-7(5)9-10-8(6)11(9)12(8,10)13(9,10)11/h2-4H,1H3. The van der Waals surface area contributed by atoms with Crippen LogP contribution in [0, 0.1) is 28.6 Å². The fourth-order valence-corrected chi connectivity index (χ4v) is 8.70. The van der Waals surface area contributed by atoms with Gasteiger partial charge in [-0.2, -0.15) is 0 Å². The first kappa shape index (κ1) is 4.16. The molecule has 0 heterocycles. The van der Waals surface area contributed by atoms with Crippen LogP contribution in [-0.4, -0.2) is 0 Å². The molecule has 4 bridgehead atoms. The molecule has 0 radical (unpaired) electrons. The second-order valence-electron chi connectivity index (χ2n) is 6.53. The van der Waals surface area contributed by atoms with E-state index in [0.717, 1.165) is 32.5 Å². The van der Waals surface area contributed by atoms with Gasteiger partial charge in [-0.3, -0.25) is 0 Å². The summed E-state index contributed by atoms with van der Waals surface area (Å²) in [5, 5.41) is 0. The summed E-state index contributed by atoms with van der Waals surface area (Å²) in [7, 11) is 0.